The number of nitrogens with zero attached hydrogens (tertiary/aromatic N) is 4. The Kier molecular flexibility index (Phi) is 12.8. The highest BCUT2D eigenvalue weighted by atomic mass is 32.2. The molecule has 0 aliphatic carbocycles. The van der Waals surface area contributed by atoms with E-state index in [-0.39, 0.29) is 0 Å². The number of nitrogens with two attached hydrogens (primary N) is 2. The van der Waals surface area contributed by atoms with E-state index >= 15 is 0 Å². The molecule has 0 amide bonds. The predicted molar refractivity (Wildman–Crippen MR) is 101 cm³/mol. The number of imidazole rings is 2. The zero-order valence-electron chi connectivity index (χ0n) is 17.5. The molecular weight excluding hydrogens is 494 g/mol. The van der Waals surface area contributed by atoms with Crippen LogP contribution in [0.5, 0.6) is 0 Å². The van der Waals surface area contributed by atoms with Crippen molar-refractivity contribution < 1.29 is 52.3 Å². The number of sulfonamides is 2. The Balaban J connectivity index is 0. The van der Waals surface area contributed by atoms with Crippen molar-refractivity contribution in [1.82, 2.24) is 9.13 Å². The maximum atomic E-state index is 10.8. The highest BCUT2D eigenvalue weighted by molar-refractivity contribution is 7.90. The molecule has 0 aromatic carbocycles. The fourth-order valence-electron chi connectivity index (χ4n) is 1.38. The van der Waals surface area contributed by atoms with Gasteiger partial charge >= 0.3 is 31.1 Å². The minimum Gasteiger partial charge on any atom is -0.240 e. The van der Waals surface area contributed by atoms with E-state index in [2.05, 4.69) is 58.3 Å². The van der Waals surface area contributed by atoms with Gasteiger partial charge in [-0.25, -0.2) is 45.4 Å². The van der Waals surface area contributed by atoms with E-state index in [4.69, 9.17) is 0 Å². The van der Waals surface area contributed by atoms with E-state index < -0.39 is 31.1 Å². The molecule has 32 heavy (non-hydrogen) atoms. The molecule has 2 aromatic rings. The summed E-state index contributed by atoms with van der Waals surface area (Å²) >= 11 is 0. The molecule has 0 saturated heterocycles. The van der Waals surface area contributed by atoms with E-state index in [1.165, 1.54) is 0 Å². The Bertz CT molecular complexity index is 931. The fourth-order valence-corrected chi connectivity index (χ4v) is 1.38. The number of halogens is 6. The van der Waals surface area contributed by atoms with Crippen molar-refractivity contribution in [3.05, 3.63) is 37.4 Å². The van der Waals surface area contributed by atoms with Gasteiger partial charge in [0, 0.05) is 0 Å². The van der Waals surface area contributed by atoms with Gasteiger partial charge in [-0.05, 0) is 13.8 Å². The number of aromatic nitrogens is 4. The van der Waals surface area contributed by atoms with Crippen LogP contribution in [0, 0.1) is 0 Å². The summed E-state index contributed by atoms with van der Waals surface area (Å²) in [5, 5.41) is 7.32. The molecule has 188 valence electrons. The van der Waals surface area contributed by atoms with Gasteiger partial charge in [-0.3, -0.25) is 0 Å². The average Bonchev–Trinajstić information content (AvgIpc) is 3.21. The summed E-state index contributed by atoms with van der Waals surface area (Å²) in [5.41, 5.74) is -10.6. The zero-order valence-corrected chi connectivity index (χ0v) is 19.2. The molecule has 10 nitrogen and oxygen atoms in total. The first-order valence-corrected chi connectivity index (χ1v) is 11.4. The Labute approximate surface area is 181 Å². The summed E-state index contributed by atoms with van der Waals surface area (Å²) in [6, 6.07) is 0. The Morgan fingerprint density at radius 1 is 0.719 bits per heavy atom. The monoisotopic (exact) mass is 520 g/mol. The van der Waals surface area contributed by atoms with Gasteiger partial charge in [0.1, 0.15) is 24.8 Å². The van der Waals surface area contributed by atoms with E-state index in [1.807, 2.05) is 35.6 Å². The van der Waals surface area contributed by atoms with Gasteiger partial charge in [0.25, 0.3) is 0 Å². The predicted octanol–water partition coefficient (Wildman–Crippen LogP) is 0.254. The smallest absolute Gasteiger partial charge is 0.240 e. The molecule has 0 radical (unpaired) electrons. The molecule has 2 heterocycles. The average molecular weight is 521 g/mol. The van der Waals surface area contributed by atoms with E-state index in [1.54, 1.807) is 0 Å². The second kappa shape index (κ2) is 12.8. The number of aryl methyl sites for hydroxylation is 4. The second-order valence-electron chi connectivity index (χ2n) is 5.80. The summed E-state index contributed by atoms with van der Waals surface area (Å²) in [4.78, 5) is 0. The van der Waals surface area contributed by atoms with Crippen LogP contribution in [0.15, 0.2) is 37.4 Å². The zero-order chi connectivity index (χ0) is 26.0. The van der Waals surface area contributed by atoms with Crippen LogP contribution in [0.25, 0.3) is 0 Å². The van der Waals surface area contributed by atoms with Crippen molar-refractivity contribution in [3.8, 4) is 0 Å². The highest BCUT2D eigenvalue weighted by Crippen LogP contribution is 2.19. The molecule has 4 N–H and O–H groups in total. The number of hydrogen-bond donors (Lipinski definition) is 2. The minimum absolute atomic E-state index is 1.06. The molecule has 0 bridgehead atoms. The van der Waals surface area contributed by atoms with Crippen molar-refractivity contribution in [2.45, 2.75) is 38.0 Å². The van der Waals surface area contributed by atoms with Crippen LogP contribution in [-0.4, -0.2) is 37.0 Å². The molecule has 0 unspecified atom stereocenters. The topological polar surface area (TPSA) is 138 Å². The molecule has 0 atom stereocenters. The number of alkyl halides is 6. The summed E-state index contributed by atoms with van der Waals surface area (Å²) in [7, 11) is -6.64. The maximum Gasteiger partial charge on any atom is 0.511 e. The van der Waals surface area contributed by atoms with Crippen LogP contribution < -0.4 is 19.4 Å². The van der Waals surface area contributed by atoms with E-state index in [0.717, 1.165) is 13.1 Å². The fraction of sp³-hybridized carbons (Fsp3) is 0.571. The van der Waals surface area contributed by atoms with E-state index in [0.29, 0.717) is 0 Å². The van der Waals surface area contributed by atoms with Crippen LogP contribution in [0.2, 0.25) is 0 Å². The Morgan fingerprint density at radius 2 is 0.938 bits per heavy atom. The largest absolute Gasteiger partial charge is 0.511 e. The summed E-state index contributed by atoms with van der Waals surface area (Å²) < 4.78 is 111. The Morgan fingerprint density at radius 3 is 1.00 bits per heavy atom. The first-order valence-electron chi connectivity index (χ1n) is 8.35. The summed E-state index contributed by atoms with van der Waals surface area (Å²) in [6.45, 7) is 6.36. The lowest BCUT2D eigenvalue weighted by Crippen LogP contribution is -2.30. The van der Waals surface area contributed by atoms with Crippen LogP contribution in [0.1, 0.15) is 13.8 Å². The van der Waals surface area contributed by atoms with Crippen LogP contribution in [0.3, 0.4) is 0 Å². The first kappa shape index (κ1) is 32.0. The quantitative estimate of drug-likeness (QED) is 0.433. The van der Waals surface area contributed by atoms with Gasteiger partial charge in [0.15, 0.2) is 0 Å². The molecule has 18 heteroatoms. The van der Waals surface area contributed by atoms with Gasteiger partial charge < -0.3 is 0 Å². The molecule has 2 aromatic heterocycles. The lowest BCUT2D eigenvalue weighted by molar-refractivity contribution is -0.671. The lowest BCUT2D eigenvalue weighted by Gasteiger charge is -1.98. The van der Waals surface area contributed by atoms with Crippen molar-refractivity contribution in [3.63, 3.8) is 0 Å². The number of primary sulfonamides is 2. The van der Waals surface area contributed by atoms with Gasteiger partial charge in [0.2, 0.25) is 12.7 Å². The lowest BCUT2D eigenvalue weighted by atomic mass is 10.7. The number of rotatable bonds is 2. The Hall–Kier alpha value is -2.18. The van der Waals surface area contributed by atoms with Crippen molar-refractivity contribution in [2.75, 3.05) is 0 Å². The molecule has 2 rings (SSSR count). The van der Waals surface area contributed by atoms with Crippen molar-refractivity contribution in [1.29, 1.82) is 0 Å². The van der Waals surface area contributed by atoms with Gasteiger partial charge in [0.05, 0.1) is 27.2 Å². The normalized spacial score (nSPS) is 11.9. The number of hydrogen-bond acceptors (Lipinski definition) is 4. The molecule has 0 aliphatic rings. The minimum atomic E-state index is -5.34. The van der Waals surface area contributed by atoms with Gasteiger partial charge in [-0.1, -0.05) is 0 Å². The SMILES string of the molecule is CCn1cc[n+](C)c1.CCn1cc[n+](C)c1.NS(=O)(=O)C(F)(F)F.NS(=O)(=O)C(F)(F)F. The van der Waals surface area contributed by atoms with Gasteiger partial charge in [-0.2, -0.15) is 26.3 Å². The molecular formula is C14H26F6N6O4S2+2. The maximum absolute atomic E-state index is 10.8. The molecule has 0 spiro atoms. The molecule has 0 fully saturated rings. The third kappa shape index (κ3) is 14.0. The summed E-state index contributed by atoms with van der Waals surface area (Å²) in [6.07, 6.45) is 12.3. The second-order valence-corrected chi connectivity index (χ2v) is 8.91. The van der Waals surface area contributed by atoms with Gasteiger partial charge in [-0.15, -0.1) is 0 Å². The third-order valence-corrected chi connectivity index (χ3v) is 4.31. The van der Waals surface area contributed by atoms with Crippen molar-refractivity contribution >= 4 is 20.0 Å². The van der Waals surface area contributed by atoms with E-state index in [9.17, 15) is 43.2 Å². The third-order valence-electron chi connectivity index (χ3n) is 3.02. The van der Waals surface area contributed by atoms with Crippen LogP contribution in [-0.2, 0) is 47.2 Å². The van der Waals surface area contributed by atoms with Crippen molar-refractivity contribution in [2.24, 2.45) is 24.4 Å². The standard InChI is InChI=1S/2C6H11N2.2CH2F3NO2S/c2*1-3-8-5-4-7(2)6-8;2*2-1(3,4)8(5,6)7/h2*4-6H,3H2,1-2H3;2*(H2,5,6,7)/q2*+1;;. The van der Waals surface area contributed by atoms with Crippen LogP contribution in [0.4, 0.5) is 26.3 Å². The summed E-state index contributed by atoms with van der Waals surface area (Å²) in [5.74, 6) is 0. The first-order chi connectivity index (χ1) is 14.2. The molecule has 0 saturated carbocycles. The highest BCUT2D eigenvalue weighted by Gasteiger charge is 2.43. The molecule has 0 aliphatic heterocycles. The van der Waals surface area contributed by atoms with Crippen LogP contribution >= 0.6 is 0 Å².